The van der Waals surface area contributed by atoms with Crippen LogP contribution in [0.4, 0.5) is 11.5 Å². The van der Waals surface area contributed by atoms with Crippen LogP contribution < -0.4 is 24.3 Å². The molecular weight excluding hydrogens is 354 g/mol. The number of H-pyrrole nitrogens is 1. The summed E-state index contributed by atoms with van der Waals surface area (Å²) in [5, 5.41) is 4.08. The lowest BCUT2D eigenvalue weighted by Gasteiger charge is -2.14. The first kappa shape index (κ1) is 17.8. The minimum atomic E-state index is 0.354. The highest BCUT2D eigenvalue weighted by atomic mass is 32.1. The molecule has 0 amide bonds. The van der Waals surface area contributed by atoms with Crippen LogP contribution in [0, 0.1) is 4.77 Å². The van der Waals surface area contributed by atoms with Gasteiger partial charge in [-0.1, -0.05) is 0 Å². The molecule has 0 atom stereocenters. The van der Waals surface area contributed by atoms with E-state index in [2.05, 4.69) is 15.3 Å². The number of hydrogen-bond acceptors (Lipinski definition) is 7. The van der Waals surface area contributed by atoms with Crippen LogP contribution in [0.15, 0.2) is 30.3 Å². The van der Waals surface area contributed by atoms with Crippen molar-refractivity contribution in [2.45, 2.75) is 0 Å². The summed E-state index contributed by atoms with van der Waals surface area (Å²) < 4.78 is 21.7. The van der Waals surface area contributed by atoms with Crippen LogP contribution >= 0.6 is 12.2 Å². The number of nitrogens with one attached hydrogen (secondary N) is 2. The molecule has 0 unspecified atom stereocenters. The third-order valence-electron chi connectivity index (χ3n) is 3.88. The molecule has 8 heteroatoms. The van der Waals surface area contributed by atoms with E-state index in [0.29, 0.717) is 33.6 Å². The second kappa shape index (κ2) is 7.49. The van der Waals surface area contributed by atoms with Crippen molar-refractivity contribution in [2.75, 3.05) is 33.8 Å². The predicted molar refractivity (Wildman–Crippen MR) is 103 cm³/mol. The molecule has 0 bridgehead atoms. The van der Waals surface area contributed by atoms with Gasteiger partial charge in [0.1, 0.15) is 5.82 Å². The lowest BCUT2D eigenvalue weighted by Crippen LogP contribution is -1.99. The number of methoxy groups -OCH3 is 4. The van der Waals surface area contributed by atoms with Crippen molar-refractivity contribution >= 4 is 34.6 Å². The summed E-state index contributed by atoms with van der Waals surface area (Å²) in [5.74, 6) is 3.06. The summed E-state index contributed by atoms with van der Waals surface area (Å²) in [7, 11) is 6.35. The van der Waals surface area contributed by atoms with Gasteiger partial charge >= 0.3 is 0 Å². The van der Waals surface area contributed by atoms with E-state index in [9.17, 15) is 0 Å². The van der Waals surface area contributed by atoms with Crippen molar-refractivity contribution in [3.8, 4) is 23.0 Å². The Labute approximate surface area is 155 Å². The largest absolute Gasteiger partial charge is 0.493 e. The molecule has 0 aliphatic rings. The van der Waals surface area contributed by atoms with E-state index < -0.39 is 0 Å². The average molecular weight is 373 g/mol. The smallest absolute Gasteiger partial charge is 0.199 e. The molecule has 1 aromatic heterocycles. The number of nitrogens with zero attached hydrogens (tertiary/aromatic N) is 1. The van der Waals surface area contributed by atoms with Gasteiger partial charge in [0.05, 0.1) is 34.0 Å². The van der Waals surface area contributed by atoms with Crippen LogP contribution in [0.2, 0.25) is 0 Å². The van der Waals surface area contributed by atoms with Gasteiger partial charge in [-0.05, 0) is 30.4 Å². The fourth-order valence-corrected chi connectivity index (χ4v) is 2.83. The SMILES string of the molecule is COc1ccc(Nc2nc(=S)[nH]c3cc(OC)c(OC)cc23)cc1OC. The number of aromatic amines is 1. The maximum absolute atomic E-state index is 5.39. The Bertz CT molecular complexity index is 1000. The topological polar surface area (TPSA) is 77.6 Å². The monoisotopic (exact) mass is 373 g/mol. The molecule has 2 aromatic carbocycles. The van der Waals surface area contributed by atoms with E-state index in [1.165, 1.54) is 0 Å². The van der Waals surface area contributed by atoms with Crippen LogP contribution in [-0.2, 0) is 0 Å². The molecule has 3 rings (SSSR count). The summed E-state index contributed by atoms with van der Waals surface area (Å²) >= 11 is 5.25. The lowest BCUT2D eigenvalue weighted by molar-refractivity contribution is 0.355. The molecule has 7 nitrogen and oxygen atoms in total. The summed E-state index contributed by atoms with van der Waals surface area (Å²) in [5.41, 5.74) is 1.57. The Balaban J connectivity index is 2.11. The first-order valence-corrected chi connectivity index (χ1v) is 8.15. The molecule has 0 saturated carbocycles. The molecule has 0 aliphatic carbocycles. The van der Waals surface area contributed by atoms with Crippen molar-refractivity contribution < 1.29 is 18.9 Å². The Kier molecular flexibility index (Phi) is 5.13. The normalized spacial score (nSPS) is 10.5. The first-order chi connectivity index (χ1) is 12.6. The minimum Gasteiger partial charge on any atom is -0.493 e. The summed E-state index contributed by atoms with van der Waals surface area (Å²) in [6, 6.07) is 9.18. The number of aromatic nitrogens is 2. The zero-order valence-corrected chi connectivity index (χ0v) is 15.7. The molecule has 2 N–H and O–H groups in total. The second-order valence-corrected chi connectivity index (χ2v) is 5.72. The van der Waals surface area contributed by atoms with Crippen LogP contribution in [0.3, 0.4) is 0 Å². The van der Waals surface area contributed by atoms with Gasteiger partial charge in [0.15, 0.2) is 27.8 Å². The maximum atomic E-state index is 5.39. The molecule has 0 fully saturated rings. The van der Waals surface area contributed by atoms with E-state index in [0.717, 1.165) is 16.6 Å². The molecule has 26 heavy (non-hydrogen) atoms. The molecule has 1 heterocycles. The van der Waals surface area contributed by atoms with Gasteiger partial charge in [-0.2, -0.15) is 0 Å². The zero-order chi connectivity index (χ0) is 18.7. The Morgan fingerprint density at radius 3 is 2.12 bits per heavy atom. The van der Waals surface area contributed by atoms with Crippen molar-refractivity contribution in [3.05, 3.63) is 35.1 Å². The molecule has 0 radical (unpaired) electrons. The second-order valence-electron chi connectivity index (χ2n) is 5.34. The van der Waals surface area contributed by atoms with Gasteiger partial charge in [0.2, 0.25) is 0 Å². The fourth-order valence-electron chi connectivity index (χ4n) is 2.63. The van der Waals surface area contributed by atoms with Gasteiger partial charge in [-0.15, -0.1) is 0 Å². The molecule has 3 aromatic rings. The van der Waals surface area contributed by atoms with E-state index in [4.69, 9.17) is 31.2 Å². The number of anilines is 2. The fraction of sp³-hybridized carbons (Fsp3) is 0.222. The number of hydrogen-bond donors (Lipinski definition) is 2. The Morgan fingerprint density at radius 2 is 1.46 bits per heavy atom. The summed E-state index contributed by atoms with van der Waals surface area (Å²) in [4.78, 5) is 7.47. The van der Waals surface area contributed by atoms with Crippen LogP contribution in [-0.4, -0.2) is 38.4 Å². The lowest BCUT2D eigenvalue weighted by atomic mass is 10.2. The van der Waals surface area contributed by atoms with E-state index in [-0.39, 0.29) is 0 Å². The average Bonchev–Trinajstić information content (AvgIpc) is 2.66. The third kappa shape index (κ3) is 3.36. The van der Waals surface area contributed by atoms with Crippen molar-refractivity contribution in [3.63, 3.8) is 0 Å². The molecular formula is C18H19N3O4S. The van der Waals surface area contributed by atoms with Crippen molar-refractivity contribution in [1.29, 1.82) is 0 Å². The number of ether oxygens (including phenoxy) is 4. The van der Waals surface area contributed by atoms with Gasteiger partial charge in [-0.25, -0.2) is 4.98 Å². The van der Waals surface area contributed by atoms with Crippen molar-refractivity contribution in [1.82, 2.24) is 9.97 Å². The van der Waals surface area contributed by atoms with Gasteiger partial charge < -0.3 is 29.2 Å². The minimum absolute atomic E-state index is 0.354. The van der Waals surface area contributed by atoms with Crippen molar-refractivity contribution in [2.24, 2.45) is 0 Å². The highest BCUT2D eigenvalue weighted by molar-refractivity contribution is 7.71. The number of rotatable bonds is 6. The first-order valence-electron chi connectivity index (χ1n) is 7.74. The summed E-state index contributed by atoms with van der Waals surface area (Å²) in [6.07, 6.45) is 0. The molecule has 0 saturated heterocycles. The molecule has 0 aliphatic heterocycles. The quantitative estimate of drug-likeness (QED) is 0.631. The zero-order valence-electron chi connectivity index (χ0n) is 14.9. The molecule has 0 spiro atoms. The highest BCUT2D eigenvalue weighted by Gasteiger charge is 2.12. The van der Waals surface area contributed by atoms with Crippen LogP contribution in [0.25, 0.3) is 10.9 Å². The Hall–Kier alpha value is -3.00. The highest BCUT2D eigenvalue weighted by Crippen LogP contribution is 2.36. The van der Waals surface area contributed by atoms with E-state index in [1.54, 1.807) is 28.4 Å². The maximum Gasteiger partial charge on any atom is 0.199 e. The summed E-state index contributed by atoms with van der Waals surface area (Å²) in [6.45, 7) is 0. The third-order valence-corrected chi connectivity index (χ3v) is 4.07. The Morgan fingerprint density at radius 1 is 0.846 bits per heavy atom. The van der Waals surface area contributed by atoms with Gasteiger partial charge in [-0.3, -0.25) is 0 Å². The predicted octanol–water partition coefficient (Wildman–Crippen LogP) is 4.07. The van der Waals surface area contributed by atoms with Crippen LogP contribution in [0.5, 0.6) is 23.0 Å². The molecule has 136 valence electrons. The van der Waals surface area contributed by atoms with Gasteiger partial charge in [0, 0.05) is 23.2 Å². The number of benzene rings is 2. The number of fused-ring (bicyclic) bond motifs is 1. The van der Waals surface area contributed by atoms with Crippen LogP contribution in [0.1, 0.15) is 0 Å². The van der Waals surface area contributed by atoms with E-state index >= 15 is 0 Å². The van der Waals surface area contributed by atoms with E-state index in [1.807, 2.05) is 30.3 Å². The standard InChI is InChI=1S/C18H19N3O4S/c1-22-13-6-5-10(7-14(13)23-2)19-17-11-8-15(24-3)16(25-4)9-12(11)20-18(26)21-17/h5-9H,1-4H3,(H2,19,20,21,26). The van der Waals surface area contributed by atoms with Gasteiger partial charge in [0.25, 0.3) is 0 Å².